The molecular weight excluding hydrogens is 226 g/mol. The van der Waals surface area contributed by atoms with Gasteiger partial charge < -0.3 is 4.74 Å². The molecule has 1 rings (SSSR count). The molecule has 0 spiro atoms. The quantitative estimate of drug-likeness (QED) is 0.752. The molecule has 1 aromatic rings. The van der Waals surface area contributed by atoms with Crippen LogP contribution in [0.4, 0.5) is 8.78 Å². The summed E-state index contributed by atoms with van der Waals surface area (Å²) in [4.78, 5) is 11.0. The van der Waals surface area contributed by atoms with Crippen LogP contribution in [0.25, 0.3) is 0 Å². The Bertz CT molecular complexity index is 368. The van der Waals surface area contributed by atoms with Gasteiger partial charge in [-0.2, -0.15) is 0 Å². The Labute approximate surface area is 90.8 Å². The van der Waals surface area contributed by atoms with E-state index < -0.39 is 18.0 Å². The van der Waals surface area contributed by atoms with Crippen molar-refractivity contribution in [3.05, 3.63) is 34.6 Å². The largest absolute Gasteiger partial charge is 0.464 e. The molecule has 0 radical (unpaired) electrons. The molecule has 1 atom stereocenters. The molecule has 0 fully saturated rings. The fourth-order valence-electron chi connectivity index (χ4n) is 1.05. The smallest absolute Gasteiger partial charge is 0.345 e. The molecule has 1 unspecified atom stereocenters. The molecule has 82 valence electrons. The Balaban J connectivity index is 2.94. The first kappa shape index (κ1) is 11.9. The number of alkyl halides is 1. The van der Waals surface area contributed by atoms with Crippen molar-refractivity contribution in [1.29, 1.82) is 0 Å². The molecule has 15 heavy (non-hydrogen) atoms. The Morgan fingerprint density at radius 2 is 2.27 bits per heavy atom. The van der Waals surface area contributed by atoms with Crippen LogP contribution in [0.2, 0.25) is 5.02 Å². The Morgan fingerprint density at radius 3 is 2.87 bits per heavy atom. The van der Waals surface area contributed by atoms with Crippen molar-refractivity contribution in [2.75, 3.05) is 6.61 Å². The van der Waals surface area contributed by atoms with Gasteiger partial charge in [0.15, 0.2) is 0 Å². The number of hydrogen-bond donors (Lipinski definition) is 0. The minimum absolute atomic E-state index is 0.00282. The summed E-state index contributed by atoms with van der Waals surface area (Å²) < 4.78 is 30.7. The fourth-order valence-corrected chi connectivity index (χ4v) is 1.26. The predicted octanol–water partition coefficient (Wildman–Crippen LogP) is 3.05. The molecule has 0 saturated heterocycles. The monoisotopic (exact) mass is 234 g/mol. The van der Waals surface area contributed by atoms with E-state index in [0.717, 1.165) is 12.1 Å². The highest BCUT2D eigenvalue weighted by Gasteiger charge is 2.23. The molecule has 0 bridgehead atoms. The summed E-state index contributed by atoms with van der Waals surface area (Å²) in [6, 6.07) is 3.16. The number of esters is 1. The number of rotatable bonds is 3. The first-order chi connectivity index (χ1) is 7.06. The summed E-state index contributed by atoms with van der Waals surface area (Å²) in [5.74, 6) is -1.72. The van der Waals surface area contributed by atoms with Crippen molar-refractivity contribution in [3.63, 3.8) is 0 Å². The summed E-state index contributed by atoms with van der Waals surface area (Å²) in [6.45, 7) is 1.62. The van der Waals surface area contributed by atoms with Gasteiger partial charge >= 0.3 is 5.97 Å². The summed E-state index contributed by atoms with van der Waals surface area (Å²) >= 11 is 5.62. The predicted molar refractivity (Wildman–Crippen MR) is 51.9 cm³/mol. The normalized spacial score (nSPS) is 12.3. The second-order valence-electron chi connectivity index (χ2n) is 2.78. The van der Waals surface area contributed by atoms with Crippen molar-refractivity contribution in [2.45, 2.75) is 13.1 Å². The maximum atomic E-state index is 13.4. The van der Waals surface area contributed by atoms with Crippen LogP contribution in [0.3, 0.4) is 0 Å². The van der Waals surface area contributed by atoms with Crippen molar-refractivity contribution >= 4 is 17.6 Å². The van der Waals surface area contributed by atoms with Gasteiger partial charge in [0.05, 0.1) is 6.61 Å². The lowest BCUT2D eigenvalue weighted by Gasteiger charge is -2.09. The molecule has 5 heteroatoms. The van der Waals surface area contributed by atoms with Gasteiger partial charge in [-0.25, -0.2) is 13.6 Å². The molecular formula is C10H9ClF2O2. The summed E-state index contributed by atoms with van der Waals surface area (Å²) in [7, 11) is 0. The Hall–Kier alpha value is -1.16. The Kier molecular flexibility index (Phi) is 4.03. The van der Waals surface area contributed by atoms with Crippen LogP contribution in [0.5, 0.6) is 0 Å². The van der Waals surface area contributed by atoms with Gasteiger partial charge in [0, 0.05) is 10.6 Å². The molecule has 0 aromatic heterocycles. The first-order valence-electron chi connectivity index (χ1n) is 4.32. The maximum Gasteiger partial charge on any atom is 0.345 e. The third-order valence-corrected chi connectivity index (χ3v) is 2.07. The zero-order chi connectivity index (χ0) is 11.4. The summed E-state index contributed by atoms with van der Waals surface area (Å²) in [6.07, 6.45) is -2.05. The van der Waals surface area contributed by atoms with Gasteiger partial charge in [0.1, 0.15) is 5.82 Å². The zero-order valence-corrected chi connectivity index (χ0v) is 8.72. The molecule has 0 saturated carbocycles. The van der Waals surface area contributed by atoms with Gasteiger partial charge in [-0.05, 0) is 25.1 Å². The van der Waals surface area contributed by atoms with E-state index in [9.17, 15) is 13.6 Å². The van der Waals surface area contributed by atoms with Crippen LogP contribution < -0.4 is 0 Å². The highest BCUT2D eigenvalue weighted by atomic mass is 35.5. The standard InChI is InChI=1S/C10H9ClF2O2/c1-2-15-10(14)9(13)7-5-6(12)3-4-8(7)11/h3-5,9H,2H2,1H3. The maximum absolute atomic E-state index is 13.4. The highest BCUT2D eigenvalue weighted by Crippen LogP contribution is 2.27. The summed E-state index contributed by atoms with van der Waals surface area (Å²) in [5, 5.41) is -0.00282. The van der Waals surface area contributed by atoms with E-state index in [1.165, 1.54) is 6.07 Å². The van der Waals surface area contributed by atoms with Gasteiger partial charge in [-0.3, -0.25) is 0 Å². The number of carbonyl (C=O) groups is 1. The average molecular weight is 235 g/mol. The van der Waals surface area contributed by atoms with E-state index in [1.54, 1.807) is 6.92 Å². The minimum atomic E-state index is -2.05. The van der Waals surface area contributed by atoms with Crippen LogP contribution >= 0.6 is 11.6 Å². The molecule has 2 nitrogen and oxygen atoms in total. The van der Waals surface area contributed by atoms with Crippen molar-refractivity contribution < 1.29 is 18.3 Å². The van der Waals surface area contributed by atoms with Gasteiger partial charge in [0.25, 0.3) is 0 Å². The highest BCUT2D eigenvalue weighted by molar-refractivity contribution is 6.31. The second kappa shape index (κ2) is 5.07. The molecule has 0 aliphatic rings. The van der Waals surface area contributed by atoms with E-state index in [4.69, 9.17) is 11.6 Å². The van der Waals surface area contributed by atoms with Crippen molar-refractivity contribution in [1.82, 2.24) is 0 Å². The molecule has 0 N–H and O–H groups in total. The van der Waals surface area contributed by atoms with E-state index >= 15 is 0 Å². The first-order valence-corrected chi connectivity index (χ1v) is 4.69. The van der Waals surface area contributed by atoms with Crippen LogP contribution in [0, 0.1) is 5.82 Å². The number of ether oxygens (including phenoxy) is 1. The fraction of sp³-hybridized carbons (Fsp3) is 0.300. The SMILES string of the molecule is CCOC(=O)C(F)c1cc(F)ccc1Cl. The number of carbonyl (C=O) groups excluding carboxylic acids is 1. The second-order valence-corrected chi connectivity index (χ2v) is 3.19. The third kappa shape index (κ3) is 2.89. The van der Waals surface area contributed by atoms with Crippen LogP contribution in [0.1, 0.15) is 18.7 Å². The van der Waals surface area contributed by atoms with E-state index in [-0.39, 0.29) is 17.2 Å². The van der Waals surface area contributed by atoms with E-state index in [1.807, 2.05) is 0 Å². The number of halogens is 3. The van der Waals surface area contributed by atoms with Crippen molar-refractivity contribution in [3.8, 4) is 0 Å². The molecule has 0 aliphatic heterocycles. The Morgan fingerprint density at radius 1 is 1.60 bits per heavy atom. The molecule has 0 heterocycles. The molecule has 0 amide bonds. The number of benzene rings is 1. The zero-order valence-electron chi connectivity index (χ0n) is 7.97. The van der Waals surface area contributed by atoms with Crippen LogP contribution in [-0.2, 0) is 9.53 Å². The van der Waals surface area contributed by atoms with E-state index in [0.29, 0.717) is 0 Å². The van der Waals surface area contributed by atoms with Gasteiger partial charge in [0.2, 0.25) is 6.17 Å². The lowest BCUT2D eigenvalue weighted by atomic mass is 10.1. The topological polar surface area (TPSA) is 26.3 Å². The number of hydrogen-bond acceptors (Lipinski definition) is 2. The molecule has 1 aromatic carbocycles. The molecule has 0 aliphatic carbocycles. The summed E-state index contributed by atoms with van der Waals surface area (Å²) in [5.41, 5.74) is -0.213. The van der Waals surface area contributed by atoms with Crippen LogP contribution in [-0.4, -0.2) is 12.6 Å². The average Bonchev–Trinajstić information content (AvgIpc) is 2.21. The minimum Gasteiger partial charge on any atom is -0.464 e. The lowest BCUT2D eigenvalue weighted by molar-refractivity contribution is -0.149. The van der Waals surface area contributed by atoms with Crippen molar-refractivity contribution in [2.24, 2.45) is 0 Å². The van der Waals surface area contributed by atoms with Crippen LogP contribution in [0.15, 0.2) is 18.2 Å². The van der Waals surface area contributed by atoms with Gasteiger partial charge in [-0.1, -0.05) is 11.6 Å². The lowest BCUT2D eigenvalue weighted by Crippen LogP contribution is -2.12. The third-order valence-electron chi connectivity index (χ3n) is 1.72. The van der Waals surface area contributed by atoms with E-state index in [2.05, 4.69) is 4.74 Å². The van der Waals surface area contributed by atoms with Gasteiger partial charge in [-0.15, -0.1) is 0 Å².